The molecule has 0 radical (unpaired) electrons. The van der Waals surface area contributed by atoms with Crippen molar-refractivity contribution in [3.63, 3.8) is 0 Å². The normalized spacial score (nSPS) is 19.3. The molecule has 1 aromatic heterocycles. The SMILES string of the molecule is CCC1(CN(C)Cc2cc(Br)cs2)CCNCC1. The van der Waals surface area contributed by atoms with Gasteiger partial charge < -0.3 is 10.2 Å². The van der Waals surface area contributed by atoms with E-state index < -0.39 is 0 Å². The third kappa shape index (κ3) is 3.80. The Labute approximate surface area is 123 Å². The predicted octanol–water partition coefficient (Wildman–Crippen LogP) is 3.72. The summed E-state index contributed by atoms with van der Waals surface area (Å²) in [7, 11) is 2.26. The molecule has 102 valence electrons. The molecule has 0 unspecified atom stereocenters. The first-order valence-electron chi connectivity index (χ1n) is 6.76. The van der Waals surface area contributed by atoms with Crippen LogP contribution in [-0.4, -0.2) is 31.6 Å². The van der Waals surface area contributed by atoms with Crippen LogP contribution in [0, 0.1) is 5.41 Å². The van der Waals surface area contributed by atoms with E-state index in [0.29, 0.717) is 5.41 Å². The van der Waals surface area contributed by atoms with E-state index in [4.69, 9.17) is 0 Å². The summed E-state index contributed by atoms with van der Waals surface area (Å²) in [6, 6.07) is 2.24. The van der Waals surface area contributed by atoms with Gasteiger partial charge in [0.05, 0.1) is 0 Å². The lowest BCUT2D eigenvalue weighted by Gasteiger charge is -2.39. The Kier molecular flexibility index (Phi) is 5.24. The number of rotatable bonds is 5. The molecule has 1 aliphatic rings. The smallest absolute Gasteiger partial charge is 0.0325 e. The van der Waals surface area contributed by atoms with E-state index in [2.05, 4.69) is 51.6 Å². The van der Waals surface area contributed by atoms with Crippen LogP contribution in [0.5, 0.6) is 0 Å². The zero-order valence-corrected chi connectivity index (χ0v) is 13.7. The monoisotopic (exact) mass is 330 g/mol. The van der Waals surface area contributed by atoms with Crippen LogP contribution in [0.15, 0.2) is 15.9 Å². The number of thiophene rings is 1. The van der Waals surface area contributed by atoms with Crippen molar-refractivity contribution in [3.8, 4) is 0 Å². The van der Waals surface area contributed by atoms with E-state index in [1.807, 2.05) is 11.3 Å². The van der Waals surface area contributed by atoms with Crippen LogP contribution >= 0.6 is 27.3 Å². The van der Waals surface area contributed by atoms with Crippen molar-refractivity contribution >= 4 is 27.3 Å². The molecule has 1 saturated heterocycles. The summed E-state index contributed by atoms with van der Waals surface area (Å²) in [4.78, 5) is 3.94. The van der Waals surface area contributed by atoms with Crippen molar-refractivity contribution in [2.45, 2.75) is 32.7 Å². The van der Waals surface area contributed by atoms with Gasteiger partial charge in [-0.2, -0.15) is 0 Å². The highest BCUT2D eigenvalue weighted by molar-refractivity contribution is 9.10. The van der Waals surface area contributed by atoms with E-state index in [1.165, 1.54) is 48.2 Å². The predicted molar refractivity (Wildman–Crippen MR) is 83.2 cm³/mol. The van der Waals surface area contributed by atoms with Crippen molar-refractivity contribution < 1.29 is 0 Å². The third-order valence-corrected chi connectivity index (χ3v) is 5.75. The van der Waals surface area contributed by atoms with Gasteiger partial charge >= 0.3 is 0 Å². The maximum absolute atomic E-state index is 3.53. The van der Waals surface area contributed by atoms with E-state index in [9.17, 15) is 0 Å². The third-order valence-electron chi connectivity index (χ3n) is 4.07. The van der Waals surface area contributed by atoms with Crippen molar-refractivity contribution in [1.82, 2.24) is 10.2 Å². The lowest BCUT2D eigenvalue weighted by molar-refractivity contribution is 0.120. The van der Waals surface area contributed by atoms with Crippen LogP contribution in [0.2, 0.25) is 0 Å². The standard InChI is InChI=1S/C14H23BrN2S/c1-3-14(4-6-16-7-5-14)11-17(2)9-13-8-12(15)10-18-13/h8,10,16H,3-7,9,11H2,1-2H3. The molecular weight excluding hydrogens is 308 g/mol. The molecule has 1 aliphatic heterocycles. The minimum absolute atomic E-state index is 0.536. The maximum Gasteiger partial charge on any atom is 0.0325 e. The molecule has 0 aliphatic carbocycles. The molecule has 0 bridgehead atoms. The molecule has 1 fully saturated rings. The first-order valence-corrected chi connectivity index (χ1v) is 8.43. The summed E-state index contributed by atoms with van der Waals surface area (Å²) in [5.74, 6) is 0. The maximum atomic E-state index is 3.53. The van der Waals surface area contributed by atoms with Crippen molar-refractivity contribution in [3.05, 3.63) is 20.8 Å². The Bertz CT molecular complexity index is 372. The van der Waals surface area contributed by atoms with Gasteiger partial charge in [-0.1, -0.05) is 6.92 Å². The van der Waals surface area contributed by atoms with Crippen molar-refractivity contribution in [2.75, 3.05) is 26.7 Å². The molecule has 1 aromatic rings. The Morgan fingerprint density at radius 1 is 1.44 bits per heavy atom. The topological polar surface area (TPSA) is 15.3 Å². The summed E-state index contributed by atoms with van der Waals surface area (Å²) in [6.45, 7) is 7.02. The average Bonchev–Trinajstić information content (AvgIpc) is 2.75. The molecule has 2 rings (SSSR count). The first kappa shape index (κ1) is 14.5. The molecule has 4 heteroatoms. The van der Waals surface area contributed by atoms with Crippen LogP contribution in [-0.2, 0) is 6.54 Å². The van der Waals surface area contributed by atoms with E-state index in [-0.39, 0.29) is 0 Å². The molecule has 0 atom stereocenters. The van der Waals surface area contributed by atoms with Crippen LogP contribution < -0.4 is 5.32 Å². The van der Waals surface area contributed by atoms with Gasteiger partial charge in [-0.15, -0.1) is 11.3 Å². The van der Waals surface area contributed by atoms with E-state index in [0.717, 1.165) is 6.54 Å². The van der Waals surface area contributed by atoms with Crippen LogP contribution in [0.1, 0.15) is 31.1 Å². The zero-order chi connectivity index (χ0) is 13.0. The summed E-state index contributed by atoms with van der Waals surface area (Å²) in [5, 5.41) is 5.65. The first-order chi connectivity index (χ1) is 8.63. The average molecular weight is 331 g/mol. The van der Waals surface area contributed by atoms with Crippen LogP contribution in [0.3, 0.4) is 0 Å². The summed E-state index contributed by atoms with van der Waals surface area (Å²) >= 11 is 5.37. The van der Waals surface area contributed by atoms with Crippen LogP contribution in [0.25, 0.3) is 0 Å². The fourth-order valence-electron chi connectivity index (χ4n) is 2.91. The number of piperidine rings is 1. The fraction of sp³-hybridized carbons (Fsp3) is 0.714. The molecule has 2 nitrogen and oxygen atoms in total. The molecule has 0 aromatic carbocycles. The fourth-order valence-corrected chi connectivity index (χ4v) is 4.44. The molecule has 1 N–H and O–H groups in total. The second-order valence-electron chi connectivity index (χ2n) is 5.51. The quantitative estimate of drug-likeness (QED) is 0.885. The number of hydrogen-bond donors (Lipinski definition) is 1. The molecular formula is C14H23BrN2S. The van der Waals surface area contributed by atoms with E-state index in [1.54, 1.807) is 0 Å². The minimum Gasteiger partial charge on any atom is -0.317 e. The Hall–Kier alpha value is 0.1000. The Morgan fingerprint density at radius 2 is 2.17 bits per heavy atom. The van der Waals surface area contributed by atoms with E-state index >= 15 is 0 Å². The molecule has 0 spiro atoms. The van der Waals surface area contributed by atoms with Gasteiger partial charge in [0.25, 0.3) is 0 Å². The molecule has 2 heterocycles. The van der Waals surface area contributed by atoms with Gasteiger partial charge in [-0.3, -0.25) is 0 Å². The number of nitrogens with one attached hydrogen (secondary N) is 1. The van der Waals surface area contributed by atoms with Gasteiger partial charge in [0.15, 0.2) is 0 Å². The summed E-state index contributed by atoms with van der Waals surface area (Å²) in [5.41, 5.74) is 0.536. The highest BCUT2D eigenvalue weighted by Crippen LogP contribution is 2.33. The van der Waals surface area contributed by atoms with Gasteiger partial charge in [0.2, 0.25) is 0 Å². The summed E-state index contributed by atoms with van der Waals surface area (Å²) < 4.78 is 1.21. The largest absolute Gasteiger partial charge is 0.317 e. The Morgan fingerprint density at radius 3 is 2.72 bits per heavy atom. The zero-order valence-electron chi connectivity index (χ0n) is 11.3. The summed E-state index contributed by atoms with van der Waals surface area (Å²) in [6.07, 6.45) is 3.94. The molecule has 0 amide bonds. The highest BCUT2D eigenvalue weighted by Gasteiger charge is 2.31. The Balaban J connectivity index is 1.90. The number of nitrogens with zero attached hydrogens (tertiary/aromatic N) is 1. The minimum atomic E-state index is 0.536. The molecule has 18 heavy (non-hydrogen) atoms. The van der Waals surface area contributed by atoms with Gasteiger partial charge in [-0.25, -0.2) is 0 Å². The van der Waals surface area contributed by atoms with Gasteiger partial charge in [0.1, 0.15) is 0 Å². The number of hydrogen-bond acceptors (Lipinski definition) is 3. The van der Waals surface area contributed by atoms with Gasteiger partial charge in [-0.05, 0) is 66.8 Å². The lowest BCUT2D eigenvalue weighted by Crippen LogP contribution is -2.43. The van der Waals surface area contributed by atoms with Crippen molar-refractivity contribution in [2.24, 2.45) is 5.41 Å². The number of halogens is 1. The second-order valence-corrected chi connectivity index (χ2v) is 7.42. The van der Waals surface area contributed by atoms with Crippen LogP contribution in [0.4, 0.5) is 0 Å². The van der Waals surface area contributed by atoms with Crippen molar-refractivity contribution in [1.29, 1.82) is 0 Å². The molecule has 0 saturated carbocycles. The lowest BCUT2D eigenvalue weighted by atomic mass is 9.76. The van der Waals surface area contributed by atoms with Gasteiger partial charge in [0, 0.05) is 27.8 Å². The highest BCUT2D eigenvalue weighted by atomic mass is 79.9. The second kappa shape index (κ2) is 6.51.